The number of carbonyl (C=O) groups is 1. The number of halogens is 1. The highest BCUT2D eigenvalue weighted by atomic mass is 19.1. The molecule has 0 bridgehead atoms. The maximum Gasteiger partial charge on any atom is 0.262 e. The van der Waals surface area contributed by atoms with Crippen LogP contribution >= 0.6 is 0 Å². The molecule has 1 amide bonds. The zero-order valence-corrected chi connectivity index (χ0v) is 16.0. The zero-order valence-electron chi connectivity index (χ0n) is 16.0. The summed E-state index contributed by atoms with van der Waals surface area (Å²) >= 11 is 0. The molecule has 0 saturated carbocycles. The third-order valence-electron chi connectivity index (χ3n) is 5.12. The molecule has 2 aromatic rings. The van der Waals surface area contributed by atoms with Crippen LogP contribution in [0.15, 0.2) is 42.5 Å². The lowest BCUT2D eigenvalue weighted by Crippen LogP contribution is -2.25. The molecule has 1 atom stereocenters. The Kier molecular flexibility index (Phi) is 6.32. The lowest BCUT2D eigenvalue weighted by Gasteiger charge is -2.22. The lowest BCUT2D eigenvalue weighted by atomic mass is 9.98. The van der Waals surface area contributed by atoms with Crippen molar-refractivity contribution in [1.82, 2.24) is 0 Å². The molecule has 1 aliphatic heterocycles. The Morgan fingerprint density at radius 2 is 1.93 bits per heavy atom. The Morgan fingerprint density at radius 1 is 1.19 bits per heavy atom. The number of amides is 1. The fourth-order valence-electron chi connectivity index (χ4n) is 3.42. The highest BCUT2D eigenvalue weighted by Crippen LogP contribution is 2.31. The summed E-state index contributed by atoms with van der Waals surface area (Å²) in [6.07, 6.45) is 3.15. The summed E-state index contributed by atoms with van der Waals surface area (Å²) in [7, 11) is 0. The summed E-state index contributed by atoms with van der Waals surface area (Å²) in [5.41, 5.74) is 2.06. The lowest BCUT2D eigenvalue weighted by molar-refractivity contribution is -0.118. The third kappa shape index (κ3) is 4.59. The monoisotopic (exact) mass is 370 g/mol. The van der Waals surface area contributed by atoms with Crippen molar-refractivity contribution in [2.45, 2.75) is 39.0 Å². The fourth-order valence-corrected chi connectivity index (χ4v) is 3.42. The highest BCUT2D eigenvalue weighted by Gasteiger charge is 2.20. The molecule has 1 unspecified atom stereocenters. The molecule has 0 radical (unpaired) electrons. The van der Waals surface area contributed by atoms with Crippen LogP contribution in [-0.2, 0) is 4.79 Å². The van der Waals surface area contributed by atoms with Crippen LogP contribution < -0.4 is 15.0 Å². The molecule has 0 aromatic heterocycles. The molecular weight excluding hydrogens is 343 g/mol. The zero-order chi connectivity index (χ0) is 19.2. The van der Waals surface area contributed by atoms with Crippen molar-refractivity contribution >= 4 is 17.3 Å². The predicted octanol–water partition coefficient (Wildman–Crippen LogP) is 4.96. The van der Waals surface area contributed by atoms with E-state index >= 15 is 0 Å². The number of hydrogen-bond donors (Lipinski definition) is 1. The second-order valence-corrected chi connectivity index (χ2v) is 7.01. The van der Waals surface area contributed by atoms with Crippen LogP contribution in [-0.4, -0.2) is 25.6 Å². The Hall–Kier alpha value is -2.56. The minimum absolute atomic E-state index is 0.152. The molecule has 1 fully saturated rings. The van der Waals surface area contributed by atoms with Crippen molar-refractivity contribution < 1.29 is 13.9 Å². The molecule has 1 heterocycles. The van der Waals surface area contributed by atoms with Gasteiger partial charge in [-0.05, 0) is 48.9 Å². The largest absolute Gasteiger partial charge is 0.483 e. The topological polar surface area (TPSA) is 41.6 Å². The van der Waals surface area contributed by atoms with Crippen molar-refractivity contribution in [3.05, 3.63) is 53.8 Å². The van der Waals surface area contributed by atoms with Gasteiger partial charge in [0.05, 0.1) is 5.69 Å². The van der Waals surface area contributed by atoms with Gasteiger partial charge >= 0.3 is 0 Å². The van der Waals surface area contributed by atoms with Crippen molar-refractivity contribution in [3.63, 3.8) is 0 Å². The number of para-hydroxylation sites is 2. The average molecular weight is 370 g/mol. The van der Waals surface area contributed by atoms with E-state index in [1.807, 2.05) is 30.3 Å². The molecule has 27 heavy (non-hydrogen) atoms. The minimum Gasteiger partial charge on any atom is -0.483 e. The average Bonchev–Trinajstić information content (AvgIpc) is 3.22. The van der Waals surface area contributed by atoms with Gasteiger partial charge in [-0.2, -0.15) is 0 Å². The van der Waals surface area contributed by atoms with E-state index in [1.165, 1.54) is 6.07 Å². The Morgan fingerprint density at radius 3 is 2.67 bits per heavy atom. The number of anilines is 2. The van der Waals surface area contributed by atoms with Crippen molar-refractivity contribution in [3.8, 4) is 5.75 Å². The van der Waals surface area contributed by atoms with Crippen LogP contribution in [0.4, 0.5) is 15.8 Å². The van der Waals surface area contributed by atoms with Gasteiger partial charge in [-0.15, -0.1) is 0 Å². The second-order valence-electron chi connectivity index (χ2n) is 7.01. The summed E-state index contributed by atoms with van der Waals surface area (Å²) in [4.78, 5) is 14.5. The number of ether oxygens (including phenoxy) is 1. The molecule has 0 spiro atoms. The van der Waals surface area contributed by atoms with E-state index < -0.39 is 5.82 Å². The quantitative estimate of drug-likeness (QED) is 0.749. The van der Waals surface area contributed by atoms with Crippen LogP contribution in [0, 0.1) is 5.82 Å². The smallest absolute Gasteiger partial charge is 0.262 e. The van der Waals surface area contributed by atoms with E-state index in [0.29, 0.717) is 11.7 Å². The van der Waals surface area contributed by atoms with E-state index in [2.05, 4.69) is 24.1 Å². The van der Waals surface area contributed by atoms with Crippen LogP contribution in [0.25, 0.3) is 0 Å². The van der Waals surface area contributed by atoms with Gasteiger partial charge < -0.3 is 15.0 Å². The summed E-state index contributed by atoms with van der Waals surface area (Å²) in [6, 6.07) is 12.6. The van der Waals surface area contributed by atoms with Gasteiger partial charge in [-0.25, -0.2) is 4.39 Å². The minimum atomic E-state index is -0.423. The van der Waals surface area contributed by atoms with Crippen LogP contribution in [0.2, 0.25) is 0 Å². The van der Waals surface area contributed by atoms with E-state index in [4.69, 9.17) is 4.74 Å². The number of rotatable bonds is 7. The maximum atomic E-state index is 14.4. The Balaban J connectivity index is 1.69. The molecular formula is C22H27FN2O2. The SMILES string of the molecule is CCC(C)c1ccccc1OCC(=O)Nc1c(F)cccc1N1CCCC1. The van der Waals surface area contributed by atoms with Gasteiger partial charge in [0.25, 0.3) is 5.91 Å². The molecule has 1 saturated heterocycles. The Labute approximate surface area is 160 Å². The molecule has 4 nitrogen and oxygen atoms in total. The van der Waals surface area contributed by atoms with E-state index in [9.17, 15) is 9.18 Å². The maximum absolute atomic E-state index is 14.4. The van der Waals surface area contributed by atoms with Gasteiger partial charge in [-0.3, -0.25) is 4.79 Å². The number of nitrogens with zero attached hydrogens (tertiary/aromatic N) is 1. The third-order valence-corrected chi connectivity index (χ3v) is 5.12. The van der Waals surface area contributed by atoms with E-state index in [0.717, 1.165) is 43.6 Å². The first-order valence-corrected chi connectivity index (χ1v) is 9.65. The summed E-state index contributed by atoms with van der Waals surface area (Å²) in [6.45, 7) is 5.85. The van der Waals surface area contributed by atoms with Gasteiger partial charge in [0.2, 0.25) is 0 Å². The number of nitrogens with one attached hydrogen (secondary N) is 1. The van der Waals surface area contributed by atoms with Crippen molar-refractivity contribution in [2.75, 3.05) is 29.9 Å². The first kappa shape index (κ1) is 19.2. The van der Waals surface area contributed by atoms with Gasteiger partial charge in [0.1, 0.15) is 17.3 Å². The molecule has 1 N–H and O–H groups in total. The molecule has 144 valence electrons. The second kappa shape index (κ2) is 8.89. The van der Waals surface area contributed by atoms with E-state index in [-0.39, 0.29) is 18.2 Å². The summed E-state index contributed by atoms with van der Waals surface area (Å²) < 4.78 is 20.1. The fraction of sp³-hybridized carbons (Fsp3) is 0.409. The van der Waals surface area contributed by atoms with Crippen molar-refractivity contribution in [2.24, 2.45) is 0 Å². The molecule has 5 heteroatoms. The molecule has 1 aliphatic rings. The summed E-state index contributed by atoms with van der Waals surface area (Å²) in [5.74, 6) is 0.264. The van der Waals surface area contributed by atoms with Crippen LogP contribution in [0.5, 0.6) is 5.75 Å². The highest BCUT2D eigenvalue weighted by molar-refractivity contribution is 5.95. The predicted molar refractivity (Wildman–Crippen MR) is 107 cm³/mol. The number of carbonyl (C=O) groups excluding carboxylic acids is 1. The van der Waals surface area contributed by atoms with Crippen LogP contribution in [0.1, 0.15) is 44.6 Å². The van der Waals surface area contributed by atoms with E-state index in [1.54, 1.807) is 6.07 Å². The van der Waals surface area contributed by atoms with Gasteiger partial charge in [0, 0.05) is 13.1 Å². The summed E-state index contributed by atoms with van der Waals surface area (Å²) in [5, 5.41) is 2.71. The van der Waals surface area contributed by atoms with Crippen LogP contribution in [0.3, 0.4) is 0 Å². The molecule has 3 rings (SSSR count). The van der Waals surface area contributed by atoms with Gasteiger partial charge in [0.15, 0.2) is 6.61 Å². The standard InChI is InChI=1S/C22H27FN2O2/c1-3-16(2)17-9-4-5-12-20(17)27-15-21(26)24-22-18(23)10-8-11-19(22)25-13-6-7-14-25/h4-5,8-12,16H,3,6-7,13-15H2,1-2H3,(H,24,26). The molecule has 2 aromatic carbocycles. The first-order chi connectivity index (χ1) is 13.1. The van der Waals surface area contributed by atoms with Crippen molar-refractivity contribution in [1.29, 1.82) is 0 Å². The van der Waals surface area contributed by atoms with Gasteiger partial charge in [-0.1, -0.05) is 38.1 Å². The molecule has 0 aliphatic carbocycles. The normalized spacial score (nSPS) is 14.9. The number of hydrogen-bond acceptors (Lipinski definition) is 3. The first-order valence-electron chi connectivity index (χ1n) is 9.65. The number of benzene rings is 2. The Bertz CT molecular complexity index is 788.